The van der Waals surface area contributed by atoms with Crippen LogP contribution in [0.4, 0.5) is 0 Å². The number of likely N-dealkylation sites (N-methyl/N-ethyl adjacent to an activating group) is 1. The Morgan fingerprint density at radius 3 is 2.11 bits per heavy atom. The molecule has 0 spiro atoms. The summed E-state index contributed by atoms with van der Waals surface area (Å²) in [5.74, 6) is -1.13. The predicted molar refractivity (Wildman–Crippen MR) is 200 cm³/mol. The maximum absolute atomic E-state index is 14.6. The van der Waals surface area contributed by atoms with Crippen LogP contribution in [0.1, 0.15) is 70.9 Å². The van der Waals surface area contributed by atoms with E-state index in [1.54, 1.807) is 34.7 Å². The molecule has 0 saturated carbocycles. The highest BCUT2D eigenvalue weighted by molar-refractivity contribution is 5.97. The zero-order valence-corrected chi connectivity index (χ0v) is 31.4. The molecule has 2 aliphatic rings. The lowest BCUT2D eigenvalue weighted by Crippen LogP contribution is -2.60. The second-order valence-corrected chi connectivity index (χ2v) is 14.8. The third kappa shape index (κ3) is 10.5. The summed E-state index contributed by atoms with van der Waals surface area (Å²) in [5, 5.41) is 8.37. The van der Waals surface area contributed by atoms with Crippen LogP contribution in [0.5, 0.6) is 0 Å². The summed E-state index contributed by atoms with van der Waals surface area (Å²) in [6.07, 6.45) is 6.83. The Bertz CT molecular complexity index is 1660. The molecule has 12 nitrogen and oxygen atoms in total. The number of ether oxygens (including phenoxy) is 1. The highest BCUT2D eigenvalue weighted by atomic mass is 16.5. The zero-order chi connectivity index (χ0) is 38.7. The summed E-state index contributed by atoms with van der Waals surface area (Å²) in [6.45, 7) is 6.62. The Kier molecular flexibility index (Phi) is 14.2. The first-order valence-electron chi connectivity index (χ1n) is 18.4. The van der Waals surface area contributed by atoms with Crippen molar-refractivity contribution < 1.29 is 33.5 Å². The SMILES string of the molecule is C#CCCCC1OC(=O)CNC(=O)[C@H](Cc2ccccc2)NC(=O)[C@@H]2CCCN2C(=O)[C@H](Cc2ccccc2)N(C)C(=O)[C@H](C(C)C)NC(=O)C1(C)C. The lowest BCUT2D eigenvalue weighted by atomic mass is 9.82. The van der Waals surface area contributed by atoms with Gasteiger partial charge in [0.2, 0.25) is 29.5 Å². The van der Waals surface area contributed by atoms with Crippen molar-refractivity contribution in [2.45, 2.75) is 103 Å². The van der Waals surface area contributed by atoms with Gasteiger partial charge in [-0.25, -0.2) is 0 Å². The van der Waals surface area contributed by atoms with Gasteiger partial charge in [0, 0.05) is 32.9 Å². The molecular formula is C41H53N5O7. The first-order valence-corrected chi connectivity index (χ1v) is 18.4. The van der Waals surface area contributed by atoms with Crippen molar-refractivity contribution in [3.8, 4) is 12.3 Å². The molecule has 0 bridgehead atoms. The number of rotatable bonds is 8. The van der Waals surface area contributed by atoms with E-state index in [0.717, 1.165) is 11.1 Å². The number of carbonyl (C=O) groups excluding carboxylic acids is 6. The fraction of sp³-hybridized carbons (Fsp3) is 0.512. The van der Waals surface area contributed by atoms with Crippen LogP contribution >= 0.6 is 0 Å². The van der Waals surface area contributed by atoms with E-state index in [1.165, 1.54) is 9.80 Å². The van der Waals surface area contributed by atoms with Crippen molar-refractivity contribution in [3.63, 3.8) is 0 Å². The van der Waals surface area contributed by atoms with Crippen LogP contribution in [0, 0.1) is 23.7 Å². The summed E-state index contributed by atoms with van der Waals surface area (Å²) < 4.78 is 5.85. The van der Waals surface area contributed by atoms with Crippen LogP contribution < -0.4 is 16.0 Å². The Morgan fingerprint density at radius 1 is 0.887 bits per heavy atom. The molecule has 2 aliphatic heterocycles. The first-order chi connectivity index (χ1) is 25.2. The number of hydrogen-bond acceptors (Lipinski definition) is 7. The second-order valence-electron chi connectivity index (χ2n) is 14.8. The standard InChI is InChI=1S/C41H53N5O7/c1-7-8-11-22-33-41(4,5)40(52)44-35(27(2)3)39(51)45(6)32(25-29-19-14-10-15-20-29)38(50)46-23-16-21-31(46)37(49)43-30(24-28-17-12-9-13-18-28)36(48)42-26-34(47)53-33/h1,9-10,12-15,17-20,27,30-33,35H,8,11,16,21-26H2,2-6H3,(H,42,48)(H,43,49)(H,44,52)/t30-,31-,32-,33?,35-/m0/s1. The predicted octanol–water partition coefficient (Wildman–Crippen LogP) is 2.79. The Labute approximate surface area is 312 Å². The van der Waals surface area contributed by atoms with E-state index in [1.807, 2.05) is 60.7 Å². The number of cyclic esters (lactones) is 1. The molecule has 2 saturated heterocycles. The number of esters is 1. The van der Waals surface area contributed by atoms with Crippen molar-refractivity contribution >= 4 is 35.5 Å². The van der Waals surface area contributed by atoms with Gasteiger partial charge in [-0.1, -0.05) is 74.5 Å². The minimum atomic E-state index is -1.32. The molecule has 2 heterocycles. The first kappa shape index (κ1) is 40.6. The molecule has 1 unspecified atom stereocenters. The molecule has 284 valence electrons. The number of benzene rings is 2. The monoisotopic (exact) mass is 727 g/mol. The molecule has 2 aromatic rings. The fourth-order valence-corrected chi connectivity index (χ4v) is 6.85. The summed E-state index contributed by atoms with van der Waals surface area (Å²) in [4.78, 5) is 86.8. The quantitative estimate of drug-likeness (QED) is 0.215. The van der Waals surface area contributed by atoms with Gasteiger partial charge in [0.1, 0.15) is 36.8 Å². The van der Waals surface area contributed by atoms with Crippen molar-refractivity contribution in [2.75, 3.05) is 20.1 Å². The van der Waals surface area contributed by atoms with E-state index < -0.39 is 77.7 Å². The molecule has 4 rings (SSSR count). The van der Waals surface area contributed by atoms with E-state index >= 15 is 0 Å². The highest BCUT2D eigenvalue weighted by Crippen LogP contribution is 2.29. The largest absolute Gasteiger partial charge is 0.460 e. The highest BCUT2D eigenvalue weighted by Gasteiger charge is 2.44. The van der Waals surface area contributed by atoms with Crippen molar-refractivity contribution in [3.05, 3.63) is 71.8 Å². The maximum atomic E-state index is 14.6. The molecular weight excluding hydrogens is 674 g/mol. The number of amides is 5. The Balaban J connectivity index is 1.77. The number of carbonyl (C=O) groups is 6. The third-order valence-electron chi connectivity index (χ3n) is 10.2. The van der Waals surface area contributed by atoms with Crippen LogP contribution in [-0.2, 0) is 46.3 Å². The minimum absolute atomic E-state index is 0.126. The zero-order valence-electron chi connectivity index (χ0n) is 31.4. The molecule has 5 amide bonds. The van der Waals surface area contributed by atoms with Crippen LogP contribution in [0.25, 0.3) is 0 Å². The van der Waals surface area contributed by atoms with E-state index in [4.69, 9.17) is 11.2 Å². The van der Waals surface area contributed by atoms with Gasteiger partial charge in [-0.3, -0.25) is 28.8 Å². The van der Waals surface area contributed by atoms with E-state index in [9.17, 15) is 28.8 Å². The Morgan fingerprint density at radius 2 is 1.51 bits per heavy atom. The average molecular weight is 728 g/mol. The van der Waals surface area contributed by atoms with Gasteiger partial charge in [-0.2, -0.15) is 0 Å². The third-order valence-corrected chi connectivity index (χ3v) is 10.2. The normalized spacial score (nSPS) is 24.9. The number of nitrogens with zero attached hydrogens (tertiary/aromatic N) is 2. The summed E-state index contributed by atoms with van der Waals surface area (Å²) in [6, 6.07) is 14.4. The number of nitrogens with one attached hydrogen (secondary N) is 3. The van der Waals surface area contributed by atoms with Crippen molar-refractivity contribution in [1.82, 2.24) is 25.8 Å². The molecule has 2 aromatic carbocycles. The van der Waals surface area contributed by atoms with Crippen LogP contribution in [0.15, 0.2) is 60.7 Å². The number of unbranched alkanes of at least 4 members (excludes halogenated alkanes) is 1. The molecule has 12 heteroatoms. The van der Waals surface area contributed by atoms with Crippen molar-refractivity contribution in [1.29, 1.82) is 0 Å². The molecule has 0 aliphatic carbocycles. The van der Waals surface area contributed by atoms with Gasteiger partial charge in [0.25, 0.3) is 0 Å². The fourth-order valence-electron chi connectivity index (χ4n) is 6.85. The number of hydrogen-bond donors (Lipinski definition) is 3. The molecule has 53 heavy (non-hydrogen) atoms. The molecule has 0 radical (unpaired) electrons. The van der Waals surface area contributed by atoms with Gasteiger partial charge >= 0.3 is 5.97 Å². The van der Waals surface area contributed by atoms with Gasteiger partial charge in [0.05, 0.1) is 5.41 Å². The summed E-state index contributed by atoms with van der Waals surface area (Å²) in [7, 11) is 1.54. The van der Waals surface area contributed by atoms with E-state index in [0.29, 0.717) is 25.7 Å². The minimum Gasteiger partial charge on any atom is -0.460 e. The Hall–Kier alpha value is -5.18. The lowest BCUT2D eigenvalue weighted by Gasteiger charge is -2.37. The van der Waals surface area contributed by atoms with Crippen molar-refractivity contribution in [2.24, 2.45) is 11.3 Å². The second kappa shape index (κ2) is 18.5. The van der Waals surface area contributed by atoms with Crippen LogP contribution in [0.3, 0.4) is 0 Å². The summed E-state index contributed by atoms with van der Waals surface area (Å²) in [5.41, 5.74) is 0.263. The number of terminal acetylenes is 1. The van der Waals surface area contributed by atoms with Crippen LogP contribution in [0.2, 0.25) is 0 Å². The van der Waals surface area contributed by atoms with E-state index in [2.05, 4.69) is 21.9 Å². The number of fused-ring (bicyclic) bond motifs is 1. The van der Waals surface area contributed by atoms with Gasteiger partial charge in [-0.05, 0) is 56.6 Å². The smallest absolute Gasteiger partial charge is 0.325 e. The van der Waals surface area contributed by atoms with Gasteiger partial charge in [-0.15, -0.1) is 12.3 Å². The maximum Gasteiger partial charge on any atom is 0.325 e. The molecule has 3 N–H and O–H groups in total. The summed E-state index contributed by atoms with van der Waals surface area (Å²) >= 11 is 0. The average Bonchev–Trinajstić information content (AvgIpc) is 3.64. The molecule has 2 fully saturated rings. The molecule has 0 aromatic heterocycles. The van der Waals surface area contributed by atoms with Gasteiger partial charge < -0.3 is 30.5 Å². The topological polar surface area (TPSA) is 154 Å². The van der Waals surface area contributed by atoms with Crippen LogP contribution in [-0.4, -0.2) is 95.7 Å². The lowest BCUT2D eigenvalue weighted by molar-refractivity contribution is -0.160. The molecule has 5 atom stereocenters. The van der Waals surface area contributed by atoms with Gasteiger partial charge in [0.15, 0.2) is 0 Å². The van der Waals surface area contributed by atoms with E-state index in [-0.39, 0.29) is 31.7 Å².